The maximum atomic E-state index is 12.0. The lowest BCUT2D eigenvalue weighted by molar-refractivity contribution is -0.123. The van der Waals surface area contributed by atoms with Crippen LogP contribution in [0.15, 0.2) is 47.1 Å². The molecule has 1 aromatic heterocycles. The highest BCUT2D eigenvalue weighted by Crippen LogP contribution is 2.13. The van der Waals surface area contributed by atoms with Gasteiger partial charge in [0.1, 0.15) is 5.76 Å². The Morgan fingerprint density at radius 3 is 2.52 bits per heavy atom. The largest absolute Gasteiger partial charge is 0.467 e. The summed E-state index contributed by atoms with van der Waals surface area (Å²) in [5.41, 5.74) is 2.40. The molecule has 1 amide bonds. The number of carbonyl (C=O) groups excluding carboxylic acids is 1. The maximum absolute atomic E-state index is 12.0. The van der Waals surface area contributed by atoms with E-state index in [2.05, 4.69) is 48.7 Å². The maximum Gasteiger partial charge on any atom is 0.237 e. The fourth-order valence-corrected chi connectivity index (χ4v) is 2.14. The zero-order valence-corrected chi connectivity index (χ0v) is 12.7. The van der Waals surface area contributed by atoms with E-state index < -0.39 is 0 Å². The molecule has 1 heterocycles. The lowest BCUT2D eigenvalue weighted by Gasteiger charge is -2.20. The molecule has 2 unspecified atom stereocenters. The van der Waals surface area contributed by atoms with Gasteiger partial charge in [0, 0.05) is 6.04 Å². The van der Waals surface area contributed by atoms with E-state index in [-0.39, 0.29) is 18.0 Å². The number of amides is 1. The molecule has 2 aromatic rings. The quantitative estimate of drug-likeness (QED) is 0.858. The number of carbonyl (C=O) groups is 1. The van der Waals surface area contributed by atoms with Gasteiger partial charge in [-0.15, -0.1) is 0 Å². The van der Waals surface area contributed by atoms with Crippen molar-refractivity contribution in [3.8, 4) is 0 Å². The minimum Gasteiger partial charge on any atom is -0.467 e. The normalized spacial score (nSPS) is 13.7. The monoisotopic (exact) mass is 286 g/mol. The smallest absolute Gasteiger partial charge is 0.237 e. The number of hydrogen-bond acceptors (Lipinski definition) is 3. The van der Waals surface area contributed by atoms with E-state index in [1.165, 1.54) is 11.1 Å². The molecule has 0 bridgehead atoms. The zero-order chi connectivity index (χ0) is 15.2. The number of rotatable bonds is 6. The van der Waals surface area contributed by atoms with Crippen LogP contribution in [-0.4, -0.2) is 11.9 Å². The van der Waals surface area contributed by atoms with Gasteiger partial charge in [-0.2, -0.15) is 0 Å². The first-order valence-corrected chi connectivity index (χ1v) is 7.19. The van der Waals surface area contributed by atoms with Crippen LogP contribution in [0.5, 0.6) is 0 Å². The van der Waals surface area contributed by atoms with Gasteiger partial charge < -0.3 is 9.73 Å². The Morgan fingerprint density at radius 1 is 1.19 bits per heavy atom. The van der Waals surface area contributed by atoms with Crippen molar-refractivity contribution < 1.29 is 9.21 Å². The Morgan fingerprint density at radius 2 is 1.90 bits per heavy atom. The van der Waals surface area contributed by atoms with Crippen molar-refractivity contribution in [1.82, 2.24) is 10.6 Å². The van der Waals surface area contributed by atoms with Gasteiger partial charge in [0.2, 0.25) is 5.91 Å². The molecule has 0 aliphatic heterocycles. The molecule has 0 radical (unpaired) electrons. The highest BCUT2D eigenvalue weighted by molar-refractivity contribution is 5.81. The van der Waals surface area contributed by atoms with E-state index in [4.69, 9.17) is 4.42 Å². The standard InChI is InChI=1S/C17H22N2O2/c1-12-6-8-15(9-7-12)13(2)19-14(3)17(20)18-11-16-5-4-10-21-16/h4-10,13-14,19H,11H2,1-3H3,(H,18,20). The average molecular weight is 286 g/mol. The summed E-state index contributed by atoms with van der Waals surface area (Å²) in [6.45, 7) is 6.40. The second-order valence-corrected chi connectivity index (χ2v) is 5.32. The van der Waals surface area contributed by atoms with Crippen LogP contribution in [0.25, 0.3) is 0 Å². The summed E-state index contributed by atoms with van der Waals surface area (Å²) < 4.78 is 5.19. The fraction of sp³-hybridized carbons (Fsp3) is 0.353. The van der Waals surface area contributed by atoms with Crippen LogP contribution in [0.1, 0.15) is 36.8 Å². The number of hydrogen-bond donors (Lipinski definition) is 2. The summed E-state index contributed by atoms with van der Waals surface area (Å²) in [4.78, 5) is 12.0. The molecule has 4 heteroatoms. The van der Waals surface area contributed by atoms with Gasteiger partial charge in [-0.05, 0) is 38.5 Å². The summed E-state index contributed by atoms with van der Waals surface area (Å²) in [6, 6.07) is 11.8. The minimum atomic E-state index is -0.267. The topological polar surface area (TPSA) is 54.3 Å². The van der Waals surface area contributed by atoms with Crippen LogP contribution in [0.3, 0.4) is 0 Å². The molecule has 0 saturated heterocycles. The first kappa shape index (κ1) is 15.3. The summed E-state index contributed by atoms with van der Waals surface area (Å²) >= 11 is 0. The SMILES string of the molecule is Cc1ccc(C(C)NC(C)C(=O)NCc2ccco2)cc1. The molecule has 1 aromatic carbocycles. The van der Waals surface area contributed by atoms with E-state index in [0.717, 1.165) is 5.76 Å². The predicted molar refractivity (Wildman–Crippen MR) is 82.7 cm³/mol. The molecule has 0 aliphatic carbocycles. The molecule has 4 nitrogen and oxygen atoms in total. The molecular weight excluding hydrogens is 264 g/mol. The predicted octanol–water partition coefficient (Wildman–Crippen LogP) is 2.94. The van der Waals surface area contributed by atoms with E-state index in [0.29, 0.717) is 6.54 Å². The summed E-state index contributed by atoms with van der Waals surface area (Å²) in [5.74, 6) is 0.715. The second kappa shape index (κ2) is 7.09. The van der Waals surface area contributed by atoms with Crippen LogP contribution in [0, 0.1) is 6.92 Å². The van der Waals surface area contributed by atoms with Gasteiger partial charge in [0.15, 0.2) is 0 Å². The molecule has 2 rings (SSSR count). The van der Waals surface area contributed by atoms with Gasteiger partial charge in [-0.3, -0.25) is 10.1 Å². The lowest BCUT2D eigenvalue weighted by Crippen LogP contribution is -2.42. The molecule has 112 valence electrons. The van der Waals surface area contributed by atoms with Crippen molar-refractivity contribution >= 4 is 5.91 Å². The summed E-state index contributed by atoms with van der Waals surface area (Å²) in [5, 5.41) is 6.16. The molecule has 2 atom stereocenters. The van der Waals surface area contributed by atoms with Crippen molar-refractivity contribution in [1.29, 1.82) is 0 Å². The van der Waals surface area contributed by atoms with E-state index in [1.807, 2.05) is 19.1 Å². The Bertz CT molecular complexity index is 561. The van der Waals surface area contributed by atoms with Crippen molar-refractivity contribution in [3.05, 3.63) is 59.5 Å². The Kier molecular flexibility index (Phi) is 5.17. The van der Waals surface area contributed by atoms with Crippen molar-refractivity contribution in [2.45, 2.75) is 39.4 Å². The van der Waals surface area contributed by atoms with Crippen LogP contribution in [0.4, 0.5) is 0 Å². The van der Waals surface area contributed by atoms with Gasteiger partial charge in [-0.1, -0.05) is 29.8 Å². The molecule has 21 heavy (non-hydrogen) atoms. The number of furan rings is 1. The molecular formula is C17H22N2O2. The van der Waals surface area contributed by atoms with Crippen LogP contribution < -0.4 is 10.6 Å². The second-order valence-electron chi connectivity index (χ2n) is 5.32. The number of benzene rings is 1. The Labute approximate surface area is 125 Å². The molecule has 2 N–H and O–H groups in total. The highest BCUT2D eigenvalue weighted by atomic mass is 16.3. The molecule has 0 saturated carbocycles. The number of aryl methyl sites for hydroxylation is 1. The summed E-state index contributed by atoms with van der Waals surface area (Å²) in [7, 11) is 0. The van der Waals surface area contributed by atoms with E-state index in [1.54, 1.807) is 6.26 Å². The van der Waals surface area contributed by atoms with Gasteiger partial charge in [0.05, 0.1) is 18.8 Å². The van der Waals surface area contributed by atoms with E-state index in [9.17, 15) is 4.79 Å². The lowest BCUT2D eigenvalue weighted by atomic mass is 10.1. The van der Waals surface area contributed by atoms with Crippen LogP contribution in [-0.2, 0) is 11.3 Å². The van der Waals surface area contributed by atoms with Crippen molar-refractivity contribution in [2.24, 2.45) is 0 Å². The van der Waals surface area contributed by atoms with Crippen molar-refractivity contribution in [3.63, 3.8) is 0 Å². The first-order chi connectivity index (χ1) is 10.1. The van der Waals surface area contributed by atoms with E-state index >= 15 is 0 Å². The van der Waals surface area contributed by atoms with Gasteiger partial charge in [-0.25, -0.2) is 0 Å². The van der Waals surface area contributed by atoms with Crippen LogP contribution in [0.2, 0.25) is 0 Å². The minimum absolute atomic E-state index is 0.0367. The van der Waals surface area contributed by atoms with Gasteiger partial charge in [0.25, 0.3) is 0 Å². The fourth-order valence-electron chi connectivity index (χ4n) is 2.14. The Hall–Kier alpha value is -2.07. The summed E-state index contributed by atoms with van der Waals surface area (Å²) in [6.07, 6.45) is 1.60. The first-order valence-electron chi connectivity index (χ1n) is 7.19. The molecule has 0 fully saturated rings. The molecule has 0 spiro atoms. The van der Waals surface area contributed by atoms with Crippen LogP contribution >= 0.6 is 0 Å². The third kappa shape index (κ3) is 4.46. The third-order valence-corrected chi connectivity index (χ3v) is 3.49. The number of nitrogens with one attached hydrogen (secondary N) is 2. The van der Waals surface area contributed by atoms with Gasteiger partial charge >= 0.3 is 0 Å². The highest BCUT2D eigenvalue weighted by Gasteiger charge is 2.16. The van der Waals surface area contributed by atoms with Crippen molar-refractivity contribution in [2.75, 3.05) is 0 Å². The average Bonchev–Trinajstić information content (AvgIpc) is 2.98. The third-order valence-electron chi connectivity index (χ3n) is 3.49. The molecule has 0 aliphatic rings. The zero-order valence-electron chi connectivity index (χ0n) is 12.7. The Balaban J connectivity index is 1.83.